The third kappa shape index (κ3) is 6.15. The van der Waals surface area contributed by atoms with Crippen molar-refractivity contribution in [2.75, 3.05) is 11.9 Å². The molecule has 7 nitrogen and oxygen atoms in total. The second-order valence-electron chi connectivity index (χ2n) is 7.97. The van der Waals surface area contributed by atoms with Crippen molar-refractivity contribution in [2.45, 2.75) is 49.6 Å². The molecule has 0 aliphatic carbocycles. The van der Waals surface area contributed by atoms with E-state index >= 15 is 0 Å². The number of ether oxygens (including phenoxy) is 2. The summed E-state index contributed by atoms with van der Waals surface area (Å²) in [5.41, 5.74) is -2.61. The van der Waals surface area contributed by atoms with Crippen LogP contribution in [0.4, 0.5) is 32.0 Å². The highest BCUT2D eigenvalue weighted by atomic mass is 35.5. The Balaban J connectivity index is 1.89. The second kappa shape index (κ2) is 9.80. The zero-order chi connectivity index (χ0) is 26.2. The van der Waals surface area contributed by atoms with Crippen molar-refractivity contribution in [1.82, 2.24) is 4.98 Å². The molecule has 2 aromatic rings. The van der Waals surface area contributed by atoms with Crippen LogP contribution in [0.1, 0.15) is 36.6 Å². The SMILES string of the molecule is C[C@]1(C(F)(F)F)C[C@@H](c2ccc(OC(F)(F)F)cc2Cl)C(C(=O)Nc2ccc([C@@H](O)CO)nc2)O1. The zero-order valence-corrected chi connectivity index (χ0v) is 18.6. The number of halogens is 7. The fourth-order valence-electron chi connectivity index (χ4n) is 3.62. The first kappa shape index (κ1) is 27.0. The Bertz CT molecular complexity index is 1070. The fraction of sp³-hybridized carbons (Fsp3) is 0.429. The molecule has 192 valence electrons. The first-order chi connectivity index (χ1) is 16.1. The van der Waals surface area contributed by atoms with Crippen molar-refractivity contribution < 1.29 is 50.8 Å². The molecule has 0 saturated carbocycles. The van der Waals surface area contributed by atoms with Gasteiger partial charge < -0.3 is 25.0 Å². The molecule has 3 N–H and O–H groups in total. The third-order valence-electron chi connectivity index (χ3n) is 5.39. The molecule has 2 heterocycles. The number of pyridine rings is 1. The summed E-state index contributed by atoms with van der Waals surface area (Å²) in [5.74, 6) is -2.93. The predicted molar refractivity (Wildman–Crippen MR) is 110 cm³/mol. The Morgan fingerprint density at radius 2 is 1.97 bits per heavy atom. The average molecular weight is 529 g/mol. The molecule has 0 radical (unpaired) electrons. The molecular formula is C21H19ClF6N2O5. The van der Waals surface area contributed by atoms with Gasteiger partial charge in [-0.15, -0.1) is 13.2 Å². The van der Waals surface area contributed by atoms with Crippen molar-refractivity contribution in [3.05, 3.63) is 52.8 Å². The summed E-state index contributed by atoms with van der Waals surface area (Å²) >= 11 is 6.07. The Labute approximate surface area is 199 Å². The van der Waals surface area contributed by atoms with Crippen LogP contribution in [0, 0.1) is 0 Å². The van der Waals surface area contributed by atoms with Crippen LogP contribution >= 0.6 is 11.6 Å². The van der Waals surface area contributed by atoms with Gasteiger partial charge in [0.05, 0.1) is 24.2 Å². The molecule has 0 bridgehead atoms. The van der Waals surface area contributed by atoms with Crippen LogP contribution in [0.2, 0.25) is 5.02 Å². The summed E-state index contributed by atoms with van der Waals surface area (Å²) in [7, 11) is 0. The van der Waals surface area contributed by atoms with E-state index in [0.29, 0.717) is 0 Å². The predicted octanol–water partition coefficient (Wildman–Crippen LogP) is 4.49. The van der Waals surface area contributed by atoms with E-state index in [2.05, 4.69) is 15.0 Å². The summed E-state index contributed by atoms with van der Waals surface area (Å²) in [5, 5.41) is 20.5. The highest BCUT2D eigenvalue weighted by Gasteiger charge is 2.61. The molecule has 1 aromatic carbocycles. The summed E-state index contributed by atoms with van der Waals surface area (Å²) in [4.78, 5) is 16.8. The first-order valence-corrected chi connectivity index (χ1v) is 10.4. The van der Waals surface area contributed by atoms with E-state index in [4.69, 9.17) is 21.4 Å². The van der Waals surface area contributed by atoms with E-state index in [1.54, 1.807) is 0 Å². The number of nitrogens with zero attached hydrogens (tertiary/aromatic N) is 1. The number of carbonyl (C=O) groups excluding carboxylic acids is 1. The van der Waals surface area contributed by atoms with E-state index in [1.165, 1.54) is 12.1 Å². The van der Waals surface area contributed by atoms with Gasteiger partial charge in [-0.05, 0) is 43.2 Å². The molecule has 1 saturated heterocycles. The monoisotopic (exact) mass is 528 g/mol. The number of aromatic nitrogens is 1. The van der Waals surface area contributed by atoms with E-state index in [-0.39, 0.29) is 22.0 Å². The topological polar surface area (TPSA) is 101 Å². The number of hydrogen-bond acceptors (Lipinski definition) is 6. The summed E-state index contributed by atoms with van der Waals surface area (Å²) in [6.45, 7) is 0.162. The van der Waals surface area contributed by atoms with Gasteiger partial charge in [0.2, 0.25) is 0 Å². The van der Waals surface area contributed by atoms with Gasteiger partial charge in [-0.1, -0.05) is 17.7 Å². The van der Waals surface area contributed by atoms with Gasteiger partial charge in [0.25, 0.3) is 5.91 Å². The highest BCUT2D eigenvalue weighted by molar-refractivity contribution is 6.31. The van der Waals surface area contributed by atoms with Gasteiger partial charge in [-0.25, -0.2) is 0 Å². The van der Waals surface area contributed by atoms with Gasteiger partial charge in [0.1, 0.15) is 18.0 Å². The smallest absolute Gasteiger partial charge is 0.406 e. The summed E-state index contributed by atoms with van der Waals surface area (Å²) in [6.07, 6.45) is -12.5. The maximum Gasteiger partial charge on any atom is 0.573 e. The normalized spacial score (nSPS) is 23.7. The molecule has 4 atom stereocenters. The number of hydrogen-bond donors (Lipinski definition) is 3. The van der Waals surface area contributed by atoms with E-state index in [1.807, 2.05) is 0 Å². The number of anilines is 1. The molecule has 1 aromatic heterocycles. The van der Waals surface area contributed by atoms with E-state index in [9.17, 15) is 36.2 Å². The third-order valence-corrected chi connectivity index (χ3v) is 5.72. The Kier molecular flexibility index (Phi) is 7.56. The molecule has 1 aliphatic heterocycles. The minimum absolute atomic E-state index is 0.0335. The van der Waals surface area contributed by atoms with Crippen molar-refractivity contribution in [3.63, 3.8) is 0 Å². The standard InChI is InChI=1S/C21H19ClF6N2O5/c1-19(20(23,24)25)7-13(12-4-3-11(6-14(12)22)34-21(26,27)28)17(35-19)18(33)30-10-2-5-15(29-8-10)16(32)9-31/h2-6,8,13,16-17,31-32H,7,9H2,1H3,(H,30,33)/t13-,16-,17?,19+/m0/s1. The van der Waals surface area contributed by atoms with Gasteiger partial charge in [0.15, 0.2) is 5.60 Å². The molecule has 14 heteroatoms. The number of amides is 1. The Morgan fingerprint density at radius 1 is 1.29 bits per heavy atom. The molecule has 35 heavy (non-hydrogen) atoms. The van der Waals surface area contributed by atoms with Crippen LogP contribution in [-0.4, -0.2) is 52.0 Å². The van der Waals surface area contributed by atoms with Crippen molar-refractivity contribution >= 4 is 23.2 Å². The molecular weight excluding hydrogens is 510 g/mol. The van der Waals surface area contributed by atoms with E-state index < -0.39 is 60.9 Å². The fourth-order valence-corrected chi connectivity index (χ4v) is 3.93. The lowest BCUT2D eigenvalue weighted by Gasteiger charge is -2.27. The quantitative estimate of drug-likeness (QED) is 0.478. The average Bonchev–Trinajstić information content (AvgIpc) is 3.11. The number of alkyl halides is 6. The molecule has 0 spiro atoms. The summed E-state index contributed by atoms with van der Waals surface area (Å²) < 4.78 is 87.5. The highest BCUT2D eigenvalue weighted by Crippen LogP contribution is 2.51. The van der Waals surface area contributed by atoms with Gasteiger partial charge in [0, 0.05) is 10.9 Å². The maximum absolute atomic E-state index is 13.7. The van der Waals surface area contributed by atoms with Crippen molar-refractivity contribution in [1.29, 1.82) is 0 Å². The number of carbonyl (C=O) groups is 1. The Morgan fingerprint density at radius 3 is 2.49 bits per heavy atom. The van der Waals surface area contributed by atoms with Gasteiger partial charge >= 0.3 is 12.5 Å². The number of aliphatic hydroxyl groups is 2. The van der Waals surface area contributed by atoms with Gasteiger partial charge in [-0.2, -0.15) is 13.2 Å². The lowest BCUT2D eigenvalue weighted by Crippen LogP contribution is -2.43. The van der Waals surface area contributed by atoms with Gasteiger partial charge in [-0.3, -0.25) is 9.78 Å². The molecule has 1 unspecified atom stereocenters. The molecule has 1 fully saturated rings. The Hall–Kier alpha value is -2.61. The maximum atomic E-state index is 13.7. The zero-order valence-electron chi connectivity index (χ0n) is 17.8. The van der Waals surface area contributed by atoms with Crippen LogP contribution < -0.4 is 10.1 Å². The number of benzene rings is 1. The minimum Gasteiger partial charge on any atom is -0.406 e. The molecule has 1 amide bonds. The number of nitrogens with one attached hydrogen (secondary N) is 1. The second-order valence-corrected chi connectivity index (χ2v) is 8.38. The lowest BCUT2D eigenvalue weighted by atomic mass is 9.86. The van der Waals surface area contributed by atoms with E-state index in [0.717, 1.165) is 31.3 Å². The number of rotatable bonds is 6. The molecule has 3 rings (SSSR count). The van der Waals surface area contributed by atoms with Crippen molar-refractivity contribution in [2.24, 2.45) is 0 Å². The summed E-state index contributed by atoms with van der Waals surface area (Å²) in [6, 6.07) is 5.31. The number of aliphatic hydroxyl groups excluding tert-OH is 2. The first-order valence-electron chi connectivity index (χ1n) is 9.99. The lowest BCUT2D eigenvalue weighted by molar-refractivity contribution is -0.274. The largest absolute Gasteiger partial charge is 0.573 e. The van der Waals surface area contributed by atoms with Crippen LogP contribution in [0.3, 0.4) is 0 Å². The van der Waals surface area contributed by atoms with Crippen LogP contribution in [-0.2, 0) is 9.53 Å². The van der Waals surface area contributed by atoms with Crippen LogP contribution in [0.15, 0.2) is 36.5 Å². The van der Waals surface area contributed by atoms with Crippen LogP contribution in [0.5, 0.6) is 5.75 Å². The van der Waals surface area contributed by atoms with Crippen molar-refractivity contribution in [3.8, 4) is 5.75 Å². The minimum atomic E-state index is -5.00. The van der Waals surface area contributed by atoms with Crippen LogP contribution in [0.25, 0.3) is 0 Å². The molecule has 1 aliphatic rings.